The van der Waals surface area contributed by atoms with Gasteiger partial charge < -0.3 is 5.73 Å². The molecule has 88 valence electrons. The van der Waals surface area contributed by atoms with E-state index in [0.717, 1.165) is 22.3 Å². The van der Waals surface area contributed by atoms with Gasteiger partial charge in [0.25, 0.3) is 0 Å². The molecular weight excluding hydrogens is 210 g/mol. The van der Waals surface area contributed by atoms with Crippen molar-refractivity contribution in [2.24, 2.45) is 11.6 Å². The third-order valence-electron chi connectivity index (χ3n) is 3.44. The second-order valence-electron chi connectivity index (χ2n) is 4.59. The second-order valence-corrected chi connectivity index (χ2v) is 4.59. The van der Waals surface area contributed by atoms with Crippen molar-refractivity contribution < 1.29 is 10.3 Å². The molecule has 0 radical (unpaired) electrons. The summed E-state index contributed by atoms with van der Waals surface area (Å²) in [5, 5.41) is 0. The summed E-state index contributed by atoms with van der Waals surface area (Å²) >= 11 is 0. The second kappa shape index (κ2) is 3.73. The molecule has 2 N–H and O–H groups in total. The van der Waals surface area contributed by atoms with Crippen LogP contribution in [0.15, 0.2) is 23.7 Å². The van der Waals surface area contributed by atoms with Crippen LogP contribution in [0.4, 0.5) is 0 Å². The highest BCUT2D eigenvalue weighted by molar-refractivity contribution is 5.87. The van der Waals surface area contributed by atoms with Crippen LogP contribution in [0.5, 0.6) is 0 Å². The maximum Gasteiger partial charge on any atom is 0.224 e. The van der Waals surface area contributed by atoms with Crippen LogP contribution in [0.1, 0.15) is 41.4 Å². The largest absolute Gasteiger partial charge is 0.369 e. The smallest absolute Gasteiger partial charge is 0.224 e. The monoisotopic (exact) mass is 231 g/mol. The molecule has 0 aliphatic heterocycles. The number of carbonyl (C=O) groups excluding carboxylic acids is 1. The third-order valence-corrected chi connectivity index (χ3v) is 3.44. The van der Waals surface area contributed by atoms with Crippen molar-refractivity contribution in [3.8, 4) is 0 Å². The Balaban J connectivity index is 2.26. The molecule has 2 aliphatic rings. The van der Waals surface area contributed by atoms with E-state index in [2.05, 4.69) is 0 Å². The minimum Gasteiger partial charge on any atom is -0.369 e. The van der Waals surface area contributed by atoms with E-state index in [0.29, 0.717) is 24.5 Å². The van der Waals surface area contributed by atoms with Crippen molar-refractivity contribution in [2.45, 2.75) is 32.6 Å². The average molecular weight is 231 g/mol. The molecule has 0 saturated heterocycles. The zero-order chi connectivity index (χ0) is 15.6. The van der Waals surface area contributed by atoms with E-state index in [-0.39, 0.29) is 6.42 Å². The summed E-state index contributed by atoms with van der Waals surface area (Å²) in [6, 6.07) is 4.16. The molecule has 17 heavy (non-hydrogen) atoms. The fourth-order valence-corrected chi connectivity index (χ4v) is 2.66. The van der Waals surface area contributed by atoms with Crippen molar-refractivity contribution in [3.05, 3.63) is 40.4 Å². The third kappa shape index (κ3) is 1.59. The van der Waals surface area contributed by atoms with Gasteiger partial charge >= 0.3 is 0 Å². The van der Waals surface area contributed by atoms with Crippen molar-refractivity contribution in [2.75, 3.05) is 0 Å². The summed E-state index contributed by atoms with van der Waals surface area (Å²) < 4.78 is 32.8. The fraction of sp³-hybridized carbons (Fsp3) is 0.400. The van der Waals surface area contributed by atoms with Crippen LogP contribution in [0, 0.1) is 12.8 Å². The molecular formula is C15H17NO. The van der Waals surface area contributed by atoms with E-state index in [1.165, 1.54) is 0 Å². The van der Waals surface area contributed by atoms with Gasteiger partial charge in [-0.25, -0.2) is 0 Å². The maximum atomic E-state index is 11.9. The van der Waals surface area contributed by atoms with Gasteiger partial charge in [0.2, 0.25) is 5.91 Å². The van der Waals surface area contributed by atoms with Crippen molar-refractivity contribution in [3.63, 3.8) is 0 Å². The SMILES string of the molecule is [2H]c1c(C)ccc2c1C1=C(C2)C([2H])(C(N)=O)C([2H])([2H])CC1. The molecule has 2 heteroatoms. The van der Waals surface area contributed by atoms with Gasteiger partial charge in [0.1, 0.15) is 0 Å². The number of hydrogen-bond donors (Lipinski definition) is 1. The molecule has 2 aliphatic carbocycles. The number of primary amides is 1. The Morgan fingerprint density at radius 2 is 2.47 bits per heavy atom. The van der Waals surface area contributed by atoms with Crippen molar-refractivity contribution in [1.29, 1.82) is 0 Å². The van der Waals surface area contributed by atoms with Gasteiger partial charge in [0, 0.05) is 4.11 Å². The standard InChI is InChI=1S/C15H17NO/c1-9-5-6-10-8-14-11(13(10)7-9)3-2-4-12(14)15(16)17/h5-7,12H,2-4,8H2,1H3,(H2,16,17)/i4D2,7D,12D. The first-order valence-electron chi connectivity index (χ1n) is 7.82. The van der Waals surface area contributed by atoms with E-state index < -0.39 is 18.2 Å². The molecule has 1 amide bonds. The van der Waals surface area contributed by atoms with E-state index in [1.54, 1.807) is 0 Å². The average Bonchev–Trinajstić information content (AvgIpc) is 2.78. The molecule has 2 nitrogen and oxygen atoms in total. The van der Waals surface area contributed by atoms with Crippen LogP contribution in [0.3, 0.4) is 0 Å². The van der Waals surface area contributed by atoms with Crippen LogP contribution in [0.2, 0.25) is 0 Å². The van der Waals surface area contributed by atoms with Crippen LogP contribution < -0.4 is 5.73 Å². The van der Waals surface area contributed by atoms with Crippen LogP contribution in [0.25, 0.3) is 5.57 Å². The number of fused-ring (bicyclic) bond motifs is 2. The zero-order valence-corrected chi connectivity index (χ0v) is 9.76. The van der Waals surface area contributed by atoms with Gasteiger partial charge in [0.05, 0.1) is 7.26 Å². The number of carbonyl (C=O) groups is 1. The Hall–Kier alpha value is -1.57. The van der Waals surface area contributed by atoms with Gasteiger partial charge in [-0.05, 0) is 54.8 Å². The summed E-state index contributed by atoms with van der Waals surface area (Å²) in [4.78, 5) is 11.9. The Kier molecular flexibility index (Phi) is 1.53. The molecule has 0 aromatic heterocycles. The molecule has 1 unspecified atom stereocenters. The van der Waals surface area contributed by atoms with E-state index in [9.17, 15) is 4.79 Å². The number of nitrogens with two attached hydrogens (primary N) is 1. The lowest BCUT2D eigenvalue weighted by molar-refractivity contribution is -0.121. The lowest BCUT2D eigenvalue weighted by Gasteiger charge is -2.22. The van der Waals surface area contributed by atoms with E-state index in [1.807, 2.05) is 19.1 Å². The molecule has 0 fully saturated rings. The Morgan fingerprint density at radius 1 is 1.65 bits per heavy atom. The highest BCUT2D eigenvalue weighted by Crippen LogP contribution is 2.44. The lowest BCUT2D eigenvalue weighted by Crippen LogP contribution is -2.27. The summed E-state index contributed by atoms with van der Waals surface area (Å²) in [7, 11) is 0. The van der Waals surface area contributed by atoms with Crippen LogP contribution >= 0.6 is 0 Å². The molecule has 1 atom stereocenters. The lowest BCUT2D eigenvalue weighted by atomic mass is 9.82. The highest BCUT2D eigenvalue weighted by atomic mass is 16.1. The van der Waals surface area contributed by atoms with Gasteiger partial charge in [0.15, 0.2) is 0 Å². The van der Waals surface area contributed by atoms with Crippen molar-refractivity contribution in [1.82, 2.24) is 0 Å². The minimum absolute atomic E-state index is 0.0745. The maximum absolute atomic E-state index is 11.9. The summed E-state index contributed by atoms with van der Waals surface area (Å²) in [6.07, 6.45) is -1.12. The quantitative estimate of drug-likeness (QED) is 0.793. The number of hydrogen-bond acceptors (Lipinski definition) is 1. The molecule has 1 aromatic carbocycles. The summed E-state index contributed by atoms with van der Waals surface area (Å²) in [5.41, 5.74) is 9.12. The highest BCUT2D eigenvalue weighted by Gasteiger charge is 2.32. The Morgan fingerprint density at radius 3 is 3.24 bits per heavy atom. The summed E-state index contributed by atoms with van der Waals surface area (Å²) in [6.45, 7) is 1.85. The van der Waals surface area contributed by atoms with Gasteiger partial charge in [-0.1, -0.05) is 23.7 Å². The molecule has 0 spiro atoms. The molecule has 0 saturated carbocycles. The number of amides is 1. The van der Waals surface area contributed by atoms with E-state index in [4.69, 9.17) is 11.2 Å². The first-order valence-corrected chi connectivity index (χ1v) is 5.82. The number of aryl methyl sites for hydroxylation is 1. The first kappa shape index (κ1) is 7.00. The predicted octanol–water partition coefficient (Wildman–Crippen LogP) is 2.59. The van der Waals surface area contributed by atoms with Gasteiger partial charge in [-0.3, -0.25) is 4.79 Å². The zero-order valence-electron chi connectivity index (χ0n) is 13.8. The molecule has 0 bridgehead atoms. The van der Waals surface area contributed by atoms with Gasteiger partial charge in [-0.15, -0.1) is 0 Å². The molecule has 0 heterocycles. The normalized spacial score (nSPS) is 33.0. The fourth-order valence-electron chi connectivity index (χ4n) is 2.66. The Labute approximate surface area is 107 Å². The number of rotatable bonds is 1. The van der Waals surface area contributed by atoms with Crippen molar-refractivity contribution >= 4 is 11.5 Å². The summed E-state index contributed by atoms with van der Waals surface area (Å²) in [5.74, 6) is -2.99. The number of allylic oxidation sites excluding steroid dienone is 1. The first-order chi connectivity index (χ1) is 9.70. The molecule has 3 rings (SSSR count). The topological polar surface area (TPSA) is 43.1 Å². The Bertz CT molecular complexity index is 695. The van der Waals surface area contributed by atoms with Crippen LogP contribution in [-0.4, -0.2) is 5.91 Å². The minimum atomic E-state index is -2.04. The van der Waals surface area contributed by atoms with Gasteiger partial charge in [-0.2, -0.15) is 0 Å². The van der Waals surface area contributed by atoms with Crippen LogP contribution in [-0.2, 0) is 11.2 Å². The van der Waals surface area contributed by atoms with E-state index >= 15 is 0 Å². The predicted molar refractivity (Wildman–Crippen MR) is 68.3 cm³/mol. The molecule has 1 aromatic rings. The number of benzene rings is 1.